The predicted molar refractivity (Wildman–Crippen MR) is 69.6 cm³/mol. The molecule has 1 amide bonds. The zero-order chi connectivity index (χ0) is 13.4. The Bertz CT molecular complexity index is 520. The molecule has 1 aromatic carbocycles. The average Bonchev–Trinajstić information content (AvgIpc) is 2.42. The Morgan fingerprint density at radius 2 is 2.28 bits per heavy atom. The predicted octanol–water partition coefficient (Wildman–Crippen LogP) is 0.982. The van der Waals surface area contributed by atoms with Crippen LogP contribution in [0.25, 0.3) is 0 Å². The summed E-state index contributed by atoms with van der Waals surface area (Å²) in [7, 11) is 1.68. The van der Waals surface area contributed by atoms with Crippen molar-refractivity contribution in [2.75, 3.05) is 20.1 Å². The van der Waals surface area contributed by atoms with E-state index in [1.165, 1.54) is 4.90 Å². The van der Waals surface area contributed by atoms with Crippen molar-refractivity contribution >= 4 is 5.91 Å². The van der Waals surface area contributed by atoms with Crippen LogP contribution in [-0.4, -0.2) is 30.9 Å². The summed E-state index contributed by atoms with van der Waals surface area (Å²) >= 11 is 0. The first-order valence-corrected chi connectivity index (χ1v) is 5.60. The van der Waals surface area contributed by atoms with Gasteiger partial charge in [0.05, 0.1) is 19.0 Å². The summed E-state index contributed by atoms with van der Waals surface area (Å²) in [5.41, 5.74) is 6.63. The maximum atomic E-state index is 12.0. The number of carbonyl (C=O) groups is 1. The van der Waals surface area contributed by atoms with E-state index in [0.29, 0.717) is 25.1 Å². The molecule has 0 aromatic heterocycles. The zero-order valence-corrected chi connectivity index (χ0v) is 10.3. The third-order valence-electron chi connectivity index (χ3n) is 2.35. The highest BCUT2D eigenvalue weighted by atomic mass is 16.2. The smallest absolute Gasteiger partial charge is 0.253 e. The molecular formula is C14H15N3O. The van der Waals surface area contributed by atoms with Crippen LogP contribution in [0.3, 0.4) is 0 Å². The maximum absolute atomic E-state index is 12.0. The van der Waals surface area contributed by atoms with E-state index in [-0.39, 0.29) is 5.91 Å². The maximum Gasteiger partial charge on any atom is 0.253 e. The number of nitriles is 1. The highest BCUT2D eigenvalue weighted by Crippen LogP contribution is 2.07. The molecule has 92 valence electrons. The van der Waals surface area contributed by atoms with E-state index < -0.39 is 0 Å². The SMILES string of the molecule is CN(CCC#N)C(=O)c1cccc(C#CCN)c1. The van der Waals surface area contributed by atoms with Gasteiger partial charge in [0.25, 0.3) is 5.91 Å². The Labute approximate surface area is 107 Å². The Kier molecular flexibility index (Phi) is 5.44. The third kappa shape index (κ3) is 3.93. The van der Waals surface area contributed by atoms with Crippen LogP contribution in [0.5, 0.6) is 0 Å². The number of rotatable bonds is 3. The minimum atomic E-state index is -0.110. The Morgan fingerprint density at radius 3 is 2.94 bits per heavy atom. The zero-order valence-electron chi connectivity index (χ0n) is 10.3. The van der Waals surface area contributed by atoms with Crippen molar-refractivity contribution in [2.24, 2.45) is 5.73 Å². The lowest BCUT2D eigenvalue weighted by Gasteiger charge is -2.15. The molecule has 0 unspecified atom stereocenters. The molecule has 0 spiro atoms. The largest absolute Gasteiger partial charge is 0.341 e. The van der Waals surface area contributed by atoms with Crippen molar-refractivity contribution in [2.45, 2.75) is 6.42 Å². The van der Waals surface area contributed by atoms with Crippen molar-refractivity contribution in [3.8, 4) is 17.9 Å². The van der Waals surface area contributed by atoms with Gasteiger partial charge in [-0.2, -0.15) is 5.26 Å². The van der Waals surface area contributed by atoms with E-state index >= 15 is 0 Å². The molecule has 0 atom stereocenters. The highest BCUT2D eigenvalue weighted by molar-refractivity contribution is 5.94. The van der Waals surface area contributed by atoms with Crippen molar-refractivity contribution in [3.05, 3.63) is 35.4 Å². The molecule has 4 nitrogen and oxygen atoms in total. The second-order valence-corrected chi connectivity index (χ2v) is 3.72. The Balaban J connectivity index is 2.83. The van der Waals surface area contributed by atoms with Crippen LogP contribution in [-0.2, 0) is 0 Å². The van der Waals surface area contributed by atoms with Crippen molar-refractivity contribution in [3.63, 3.8) is 0 Å². The summed E-state index contributed by atoms with van der Waals surface area (Å²) in [5, 5.41) is 8.49. The number of nitrogens with two attached hydrogens (primary N) is 1. The van der Waals surface area contributed by atoms with E-state index in [0.717, 1.165) is 5.56 Å². The van der Waals surface area contributed by atoms with Crippen LogP contribution in [0.15, 0.2) is 24.3 Å². The second-order valence-electron chi connectivity index (χ2n) is 3.72. The van der Waals surface area contributed by atoms with Gasteiger partial charge < -0.3 is 10.6 Å². The van der Waals surface area contributed by atoms with Gasteiger partial charge in [0.2, 0.25) is 0 Å². The molecule has 0 aliphatic heterocycles. The minimum absolute atomic E-state index is 0.110. The third-order valence-corrected chi connectivity index (χ3v) is 2.35. The van der Waals surface area contributed by atoms with Gasteiger partial charge in [0.1, 0.15) is 0 Å². The monoisotopic (exact) mass is 241 g/mol. The molecule has 1 aromatic rings. The lowest BCUT2D eigenvalue weighted by Crippen LogP contribution is -2.27. The first kappa shape index (κ1) is 13.8. The van der Waals surface area contributed by atoms with E-state index in [1.807, 2.05) is 12.1 Å². The number of benzene rings is 1. The van der Waals surface area contributed by atoms with Crippen molar-refractivity contribution < 1.29 is 4.79 Å². The molecule has 0 bridgehead atoms. The number of hydrogen-bond acceptors (Lipinski definition) is 3. The molecule has 0 aliphatic rings. The fourth-order valence-electron chi connectivity index (χ4n) is 1.42. The van der Waals surface area contributed by atoms with Crippen LogP contribution in [0.4, 0.5) is 0 Å². The number of amides is 1. The summed E-state index contributed by atoms with van der Waals surface area (Å²) < 4.78 is 0. The molecule has 4 heteroatoms. The van der Waals surface area contributed by atoms with E-state index in [2.05, 4.69) is 11.8 Å². The topological polar surface area (TPSA) is 70.1 Å². The number of nitrogens with zero attached hydrogens (tertiary/aromatic N) is 2. The van der Waals surface area contributed by atoms with Crippen molar-refractivity contribution in [1.29, 1.82) is 5.26 Å². The van der Waals surface area contributed by atoms with Gasteiger partial charge in [-0.3, -0.25) is 4.79 Å². The van der Waals surface area contributed by atoms with Crippen LogP contribution < -0.4 is 5.73 Å². The summed E-state index contributed by atoms with van der Waals surface area (Å²) in [4.78, 5) is 13.5. The van der Waals surface area contributed by atoms with Gasteiger partial charge >= 0.3 is 0 Å². The Hall–Kier alpha value is -2.30. The van der Waals surface area contributed by atoms with Gasteiger partial charge in [0.15, 0.2) is 0 Å². The molecule has 0 radical (unpaired) electrons. The lowest BCUT2D eigenvalue weighted by molar-refractivity contribution is 0.0798. The molecule has 0 saturated heterocycles. The van der Waals surface area contributed by atoms with Gasteiger partial charge in [-0.15, -0.1) is 0 Å². The van der Waals surface area contributed by atoms with E-state index in [1.54, 1.807) is 25.2 Å². The van der Waals surface area contributed by atoms with Crippen LogP contribution in [0, 0.1) is 23.2 Å². The molecule has 0 aliphatic carbocycles. The van der Waals surface area contributed by atoms with Crippen LogP contribution in [0.1, 0.15) is 22.3 Å². The molecule has 0 saturated carbocycles. The normalized spacial score (nSPS) is 8.94. The highest BCUT2D eigenvalue weighted by Gasteiger charge is 2.10. The van der Waals surface area contributed by atoms with E-state index in [4.69, 9.17) is 11.0 Å². The summed E-state index contributed by atoms with van der Waals surface area (Å²) in [5.74, 6) is 5.52. The molecule has 0 heterocycles. The summed E-state index contributed by atoms with van der Waals surface area (Å²) in [6.07, 6.45) is 0.328. The standard InChI is InChI=1S/C14H15N3O/c1-17(10-4-9-16)14(18)13-7-2-5-12(11-13)6-3-8-15/h2,5,7,11H,4,8,10,15H2,1H3. The molecule has 2 N–H and O–H groups in total. The Morgan fingerprint density at radius 1 is 1.50 bits per heavy atom. The fraction of sp³-hybridized carbons (Fsp3) is 0.286. The second kappa shape index (κ2) is 7.11. The first-order valence-electron chi connectivity index (χ1n) is 5.60. The minimum Gasteiger partial charge on any atom is -0.341 e. The molecule has 0 fully saturated rings. The molecular weight excluding hydrogens is 226 g/mol. The van der Waals surface area contributed by atoms with Gasteiger partial charge in [-0.1, -0.05) is 17.9 Å². The van der Waals surface area contributed by atoms with Crippen LogP contribution >= 0.6 is 0 Å². The van der Waals surface area contributed by atoms with E-state index in [9.17, 15) is 4.79 Å². The fourth-order valence-corrected chi connectivity index (χ4v) is 1.42. The summed E-state index contributed by atoms with van der Waals surface area (Å²) in [6, 6.07) is 9.09. The summed E-state index contributed by atoms with van der Waals surface area (Å²) in [6.45, 7) is 0.717. The van der Waals surface area contributed by atoms with Crippen molar-refractivity contribution in [1.82, 2.24) is 4.90 Å². The van der Waals surface area contributed by atoms with Gasteiger partial charge in [-0.05, 0) is 18.2 Å². The number of carbonyl (C=O) groups excluding carboxylic acids is 1. The molecule has 18 heavy (non-hydrogen) atoms. The van der Waals surface area contributed by atoms with Crippen LogP contribution in [0.2, 0.25) is 0 Å². The molecule has 1 rings (SSSR count). The lowest BCUT2D eigenvalue weighted by atomic mass is 10.1. The van der Waals surface area contributed by atoms with Gasteiger partial charge in [0, 0.05) is 24.7 Å². The van der Waals surface area contributed by atoms with Gasteiger partial charge in [-0.25, -0.2) is 0 Å². The quantitative estimate of drug-likeness (QED) is 0.802. The average molecular weight is 241 g/mol. The first-order chi connectivity index (χ1) is 8.69. The number of hydrogen-bond donors (Lipinski definition) is 1.